The van der Waals surface area contributed by atoms with Crippen LogP contribution in [0, 0.1) is 5.41 Å². The molecule has 2 heteroatoms. The van der Waals surface area contributed by atoms with Crippen molar-refractivity contribution in [1.29, 1.82) is 0 Å². The molecule has 2 rings (SSSR count). The van der Waals surface area contributed by atoms with E-state index in [0.717, 1.165) is 12.8 Å². The lowest BCUT2D eigenvalue weighted by Crippen LogP contribution is -2.22. The van der Waals surface area contributed by atoms with Crippen LogP contribution in [0.1, 0.15) is 32.3 Å². The van der Waals surface area contributed by atoms with Gasteiger partial charge in [-0.3, -0.25) is 9.78 Å². The average molecular weight is 215 g/mol. The summed E-state index contributed by atoms with van der Waals surface area (Å²) in [6.45, 7) is 4.31. The van der Waals surface area contributed by atoms with Crippen LogP contribution in [0.25, 0.3) is 0 Å². The summed E-state index contributed by atoms with van der Waals surface area (Å²) in [4.78, 5) is 15.7. The van der Waals surface area contributed by atoms with Crippen LogP contribution in [0.4, 0.5) is 0 Å². The summed E-state index contributed by atoms with van der Waals surface area (Å²) in [5, 5.41) is 0. The molecular formula is C14H17NO. The quantitative estimate of drug-likeness (QED) is 0.759. The van der Waals surface area contributed by atoms with Gasteiger partial charge in [0, 0.05) is 18.8 Å². The first-order valence-corrected chi connectivity index (χ1v) is 5.66. The van der Waals surface area contributed by atoms with Crippen LogP contribution in [-0.2, 0) is 11.2 Å². The highest BCUT2D eigenvalue weighted by Gasteiger charge is 2.27. The number of carbonyl (C=O) groups is 1. The number of hydrogen-bond acceptors (Lipinski definition) is 2. The minimum atomic E-state index is 0.114. The molecule has 0 unspecified atom stereocenters. The van der Waals surface area contributed by atoms with Gasteiger partial charge in [-0.05, 0) is 36.0 Å². The Hall–Kier alpha value is -1.44. The Kier molecular flexibility index (Phi) is 2.90. The summed E-state index contributed by atoms with van der Waals surface area (Å²) < 4.78 is 0. The lowest BCUT2D eigenvalue weighted by atomic mass is 9.75. The molecule has 0 N–H and O–H groups in total. The van der Waals surface area contributed by atoms with Crippen molar-refractivity contribution in [2.24, 2.45) is 5.41 Å². The van der Waals surface area contributed by atoms with E-state index in [4.69, 9.17) is 0 Å². The van der Waals surface area contributed by atoms with Gasteiger partial charge < -0.3 is 0 Å². The molecule has 0 saturated heterocycles. The molecule has 0 radical (unpaired) electrons. The summed E-state index contributed by atoms with van der Waals surface area (Å²) in [6, 6.07) is 3.99. The van der Waals surface area contributed by atoms with Crippen molar-refractivity contribution in [2.75, 3.05) is 0 Å². The Morgan fingerprint density at radius 1 is 1.38 bits per heavy atom. The zero-order valence-corrected chi connectivity index (χ0v) is 9.86. The molecule has 0 spiro atoms. The first-order chi connectivity index (χ1) is 7.55. The second kappa shape index (κ2) is 4.20. The van der Waals surface area contributed by atoms with Gasteiger partial charge in [0.15, 0.2) is 5.78 Å². The van der Waals surface area contributed by atoms with Crippen molar-refractivity contribution in [3.63, 3.8) is 0 Å². The molecule has 84 valence electrons. The van der Waals surface area contributed by atoms with E-state index in [9.17, 15) is 4.79 Å². The molecular weight excluding hydrogens is 198 g/mol. The summed E-state index contributed by atoms with van der Waals surface area (Å²) in [6.07, 6.45) is 7.99. The Bertz CT molecular complexity index is 418. The van der Waals surface area contributed by atoms with Crippen LogP contribution in [0.2, 0.25) is 0 Å². The second-order valence-corrected chi connectivity index (χ2v) is 5.32. The number of carbonyl (C=O) groups excluding carboxylic acids is 1. The monoisotopic (exact) mass is 215 g/mol. The van der Waals surface area contributed by atoms with E-state index >= 15 is 0 Å². The molecule has 1 aliphatic carbocycles. The Balaban J connectivity index is 2.14. The molecule has 1 aromatic rings. The van der Waals surface area contributed by atoms with E-state index < -0.39 is 0 Å². The van der Waals surface area contributed by atoms with Gasteiger partial charge in [0.1, 0.15) is 0 Å². The Labute approximate surface area is 96.4 Å². The van der Waals surface area contributed by atoms with Crippen LogP contribution in [0.3, 0.4) is 0 Å². The molecule has 0 aliphatic heterocycles. The third-order valence-corrected chi connectivity index (χ3v) is 2.88. The molecule has 0 bridgehead atoms. The highest BCUT2D eigenvalue weighted by molar-refractivity contribution is 5.91. The number of aromatic nitrogens is 1. The third-order valence-electron chi connectivity index (χ3n) is 2.88. The smallest absolute Gasteiger partial charge is 0.156 e. The van der Waals surface area contributed by atoms with Gasteiger partial charge in [-0.15, -0.1) is 0 Å². The normalized spacial score (nSPS) is 19.4. The van der Waals surface area contributed by atoms with Crippen molar-refractivity contribution in [2.45, 2.75) is 33.1 Å². The first kappa shape index (κ1) is 11.1. The predicted molar refractivity (Wildman–Crippen MR) is 64.0 cm³/mol. The maximum Gasteiger partial charge on any atom is 0.156 e. The van der Waals surface area contributed by atoms with Gasteiger partial charge in [0.05, 0.1) is 0 Å². The second-order valence-electron chi connectivity index (χ2n) is 5.32. The van der Waals surface area contributed by atoms with Gasteiger partial charge in [-0.1, -0.05) is 25.5 Å². The standard InChI is InChI=1S/C14H17NO/c1-14(2)8-12(7-13(16)9-14)6-11-4-3-5-15-10-11/h3-5,7,10H,6,8-9H2,1-2H3. The van der Waals surface area contributed by atoms with Crippen LogP contribution in [-0.4, -0.2) is 10.8 Å². The summed E-state index contributed by atoms with van der Waals surface area (Å²) in [5.74, 6) is 0.259. The zero-order chi connectivity index (χ0) is 11.6. The van der Waals surface area contributed by atoms with Crippen molar-refractivity contribution in [1.82, 2.24) is 4.98 Å². The fourth-order valence-electron chi connectivity index (χ4n) is 2.36. The molecule has 2 nitrogen and oxygen atoms in total. The highest BCUT2D eigenvalue weighted by atomic mass is 16.1. The Morgan fingerprint density at radius 3 is 2.81 bits per heavy atom. The number of nitrogens with zero attached hydrogens (tertiary/aromatic N) is 1. The van der Waals surface area contributed by atoms with E-state index in [1.165, 1.54) is 11.1 Å². The Morgan fingerprint density at radius 2 is 2.19 bits per heavy atom. The van der Waals surface area contributed by atoms with Crippen LogP contribution >= 0.6 is 0 Å². The number of allylic oxidation sites excluding steroid dienone is 2. The topological polar surface area (TPSA) is 30.0 Å². The van der Waals surface area contributed by atoms with E-state index in [-0.39, 0.29) is 11.2 Å². The van der Waals surface area contributed by atoms with E-state index in [2.05, 4.69) is 24.9 Å². The van der Waals surface area contributed by atoms with Crippen molar-refractivity contribution < 1.29 is 4.79 Å². The molecule has 0 saturated carbocycles. The number of ketones is 1. The molecule has 1 heterocycles. The zero-order valence-electron chi connectivity index (χ0n) is 9.86. The minimum Gasteiger partial charge on any atom is -0.295 e. The maximum atomic E-state index is 11.6. The first-order valence-electron chi connectivity index (χ1n) is 5.66. The predicted octanol–water partition coefficient (Wildman–Crippen LogP) is 2.94. The molecule has 1 aromatic heterocycles. The number of pyridine rings is 1. The van der Waals surface area contributed by atoms with Crippen molar-refractivity contribution in [3.8, 4) is 0 Å². The van der Waals surface area contributed by atoms with Gasteiger partial charge in [-0.25, -0.2) is 0 Å². The van der Waals surface area contributed by atoms with Crippen molar-refractivity contribution >= 4 is 5.78 Å². The SMILES string of the molecule is CC1(C)CC(=O)C=C(Cc2cccnc2)C1. The summed E-state index contributed by atoms with van der Waals surface area (Å²) in [5.41, 5.74) is 2.53. The molecule has 0 amide bonds. The average Bonchev–Trinajstić information content (AvgIpc) is 2.15. The molecule has 1 aliphatic rings. The van der Waals surface area contributed by atoms with E-state index in [1.54, 1.807) is 6.20 Å². The van der Waals surface area contributed by atoms with Gasteiger partial charge >= 0.3 is 0 Å². The number of rotatable bonds is 2. The summed E-state index contributed by atoms with van der Waals surface area (Å²) in [7, 11) is 0. The lowest BCUT2D eigenvalue weighted by Gasteiger charge is -2.28. The fourth-order valence-corrected chi connectivity index (χ4v) is 2.36. The molecule has 0 fully saturated rings. The van der Waals surface area contributed by atoms with Gasteiger partial charge in [-0.2, -0.15) is 0 Å². The number of hydrogen-bond donors (Lipinski definition) is 0. The minimum absolute atomic E-state index is 0.114. The van der Waals surface area contributed by atoms with E-state index in [1.807, 2.05) is 18.3 Å². The third kappa shape index (κ3) is 2.78. The van der Waals surface area contributed by atoms with Crippen LogP contribution in [0.5, 0.6) is 0 Å². The summed E-state index contributed by atoms with van der Waals surface area (Å²) >= 11 is 0. The van der Waals surface area contributed by atoms with Crippen LogP contribution in [0.15, 0.2) is 36.2 Å². The fraction of sp³-hybridized carbons (Fsp3) is 0.429. The largest absolute Gasteiger partial charge is 0.295 e. The lowest BCUT2D eigenvalue weighted by molar-refractivity contribution is -0.117. The maximum absolute atomic E-state index is 11.6. The van der Waals surface area contributed by atoms with Gasteiger partial charge in [0.2, 0.25) is 0 Å². The molecule has 16 heavy (non-hydrogen) atoms. The molecule has 0 atom stereocenters. The highest BCUT2D eigenvalue weighted by Crippen LogP contribution is 2.34. The van der Waals surface area contributed by atoms with Crippen LogP contribution < -0.4 is 0 Å². The molecule has 0 aromatic carbocycles. The van der Waals surface area contributed by atoms with Crippen molar-refractivity contribution in [3.05, 3.63) is 41.7 Å². The van der Waals surface area contributed by atoms with E-state index in [0.29, 0.717) is 6.42 Å². The van der Waals surface area contributed by atoms with Gasteiger partial charge in [0.25, 0.3) is 0 Å².